The van der Waals surface area contributed by atoms with Gasteiger partial charge in [0, 0.05) is 5.38 Å². The SMILES string of the molecule is C=C(C)CCCCC(Cl)CC. The molecule has 0 aromatic rings. The molecule has 1 atom stereocenters. The lowest BCUT2D eigenvalue weighted by Crippen LogP contribution is -1.94. The number of unbranched alkanes of at least 4 members (excludes halogenated alkanes) is 1. The Kier molecular flexibility index (Phi) is 6.74. The second kappa shape index (κ2) is 6.72. The van der Waals surface area contributed by atoms with Crippen molar-refractivity contribution in [2.75, 3.05) is 0 Å². The van der Waals surface area contributed by atoms with E-state index in [1.165, 1.54) is 18.4 Å². The third-order valence-corrected chi connectivity index (χ3v) is 2.34. The van der Waals surface area contributed by atoms with Gasteiger partial charge in [0.25, 0.3) is 0 Å². The molecule has 0 aromatic heterocycles. The molecule has 66 valence electrons. The fourth-order valence-electron chi connectivity index (χ4n) is 0.997. The average Bonchev–Trinajstić information content (AvgIpc) is 1.97. The highest BCUT2D eigenvalue weighted by Gasteiger charge is 1.99. The predicted molar refractivity (Wildman–Crippen MR) is 53.2 cm³/mol. The van der Waals surface area contributed by atoms with Crippen LogP contribution in [0.3, 0.4) is 0 Å². The molecule has 0 heterocycles. The Hall–Kier alpha value is 0.0300. The molecule has 1 heteroatoms. The number of halogens is 1. The Morgan fingerprint density at radius 3 is 2.55 bits per heavy atom. The first-order chi connectivity index (χ1) is 5.16. The van der Waals surface area contributed by atoms with Crippen LogP contribution < -0.4 is 0 Å². The van der Waals surface area contributed by atoms with Gasteiger partial charge in [0.05, 0.1) is 0 Å². The molecule has 0 aliphatic heterocycles. The van der Waals surface area contributed by atoms with Gasteiger partial charge in [-0.25, -0.2) is 0 Å². The summed E-state index contributed by atoms with van der Waals surface area (Å²) < 4.78 is 0. The van der Waals surface area contributed by atoms with Gasteiger partial charge in [-0.1, -0.05) is 18.9 Å². The molecule has 0 aliphatic rings. The number of alkyl halides is 1. The van der Waals surface area contributed by atoms with Crippen molar-refractivity contribution in [2.45, 2.75) is 51.3 Å². The van der Waals surface area contributed by atoms with Crippen molar-refractivity contribution in [1.82, 2.24) is 0 Å². The van der Waals surface area contributed by atoms with Crippen LogP contribution in [0.1, 0.15) is 46.0 Å². The highest BCUT2D eigenvalue weighted by atomic mass is 35.5. The summed E-state index contributed by atoms with van der Waals surface area (Å²) in [5.41, 5.74) is 1.28. The molecular weight excluding hydrogens is 156 g/mol. The van der Waals surface area contributed by atoms with E-state index in [-0.39, 0.29) is 0 Å². The lowest BCUT2D eigenvalue weighted by molar-refractivity contribution is 0.637. The molecule has 11 heavy (non-hydrogen) atoms. The van der Waals surface area contributed by atoms with Crippen molar-refractivity contribution in [3.05, 3.63) is 12.2 Å². The zero-order chi connectivity index (χ0) is 8.69. The first-order valence-electron chi connectivity index (χ1n) is 4.45. The minimum absolute atomic E-state index is 0.389. The van der Waals surface area contributed by atoms with Crippen molar-refractivity contribution in [2.24, 2.45) is 0 Å². The smallest absolute Gasteiger partial charge is 0.0333 e. The van der Waals surface area contributed by atoms with Gasteiger partial charge in [-0.3, -0.25) is 0 Å². The van der Waals surface area contributed by atoms with E-state index in [4.69, 9.17) is 11.6 Å². The van der Waals surface area contributed by atoms with Gasteiger partial charge < -0.3 is 0 Å². The van der Waals surface area contributed by atoms with E-state index < -0.39 is 0 Å². The van der Waals surface area contributed by atoms with Gasteiger partial charge in [-0.05, 0) is 32.6 Å². The second-order valence-electron chi connectivity index (χ2n) is 3.21. The Labute approximate surface area is 75.6 Å². The lowest BCUT2D eigenvalue weighted by atomic mass is 10.1. The van der Waals surface area contributed by atoms with E-state index in [0.717, 1.165) is 19.3 Å². The number of rotatable bonds is 6. The Morgan fingerprint density at radius 1 is 1.45 bits per heavy atom. The van der Waals surface area contributed by atoms with Gasteiger partial charge in [0.15, 0.2) is 0 Å². The maximum atomic E-state index is 5.96. The van der Waals surface area contributed by atoms with Crippen molar-refractivity contribution in [3.8, 4) is 0 Å². The molecule has 0 radical (unpaired) electrons. The van der Waals surface area contributed by atoms with Crippen molar-refractivity contribution in [3.63, 3.8) is 0 Å². The number of hydrogen-bond acceptors (Lipinski definition) is 0. The van der Waals surface area contributed by atoms with Gasteiger partial charge in [0.1, 0.15) is 0 Å². The molecular formula is C10H19Cl. The Morgan fingerprint density at radius 2 is 2.09 bits per heavy atom. The van der Waals surface area contributed by atoms with Crippen molar-refractivity contribution >= 4 is 11.6 Å². The van der Waals surface area contributed by atoms with E-state index in [0.29, 0.717) is 5.38 Å². The molecule has 0 bridgehead atoms. The zero-order valence-corrected chi connectivity index (χ0v) is 8.45. The van der Waals surface area contributed by atoms with Crippen LogP contribution in [0, 0.1) is 0 Å². The van der Waals surface area contributed by atoms with E-state index in [2.05, 4.69) is 20.4 Å². The molecule has 1 unspecified atom stereocenters. The summed E-state index contributed by atoms with van der Waals surface area (Å²) in [7, 11) is 0. The fraction of sp³-hybridized carbons (Fsp3) is 0.800. The van der Waals surface area contributed by atoms with Crippen LogP contribution in [0.25, 0.3) is 0 Å². The number of allylic oxidation sites excluding steroid dienone is 1. The molecule has 0 spiro atoms. The highest BCUT2D eigenvalue weighted by molar-refractivity contribution is 6.20. The molecule has 0 saturated heterocycles. The minimum Gasteiger partial charge on any atom is -0.123 e. The summed E-state index contributed by atoms with van der Waals surface area (Å²) in [4.78, 5) is 0. The maximum absolute atomic E-state index is 5.96. The summed E-state index contributed by atoms with van der Waals surface area (Å²) in [5, 5.41) is 0.389. The van der Waals surface area contributed by atoms with Crippen molar-refractivity contribution < 1.29 is 0 Å². The van der Waals surface area contributed by atoms with E-state index in [1.54, 1.807) is 0 Å². The first-order valence-corrected chi connectivity index (χ1v) is 4.89. The monoisotopic (exact) mass is 174 g/mol. The fourth-order valence-corrected chi connectivity index (χ4v) is 1.15. The Bertz CT molecular complexity index is 107. The zero-order valence-electron chi connectivity index (χ0n) is 7.70. The molecule has 0 aliphatic carbocycles. The molecule has 0 rings (SSSR count). The summed E-state index contributed by atoms with van der Waals surface area (Å²) in [5.74, 6) is 0. The van der Waals surface area contributed by atoms with Crippen LogP contribution in [0.15, 0.2) is 12.2 Å². The van der Waals surface area contributed by atoms with Crippen LogP contribution in [0.5, 0.6) is 0 Å². The molecule has 0 nitrogen and oxygen atoms in total. The lowest BCUT2D eigenvalue weighted by Gasteiger charge is -2.04. The summed E-state index contributed by atoms with van der Waals surface area (Å²) in [6.45, 7) is 8.08. The van der Waals surface area contributed by atoms with Crippen LogP contribution in [0.4, 0.5) is 0 Å². The topological polar surface area (TPSA) is 0 Å². The van der Waals surface area contributed by atoms with E-state index in [1.807, 2.05) is 0 Å². The number of hydrogen-bond donors (Lipinski definition) is 0. The molecule has 0 aromatic carbocycles. The molecule has 0 saturated carbocycles. The van der Waals surface area contributed by atoms with Crippen LogP contribution in [-0.4, -0.2) is 5.38 Å². The standard InChI is InChI=1S/C10H19Cl/c1-4-10(11)8-6-5-7-9(2)3/h10H,2,4-8H2,1,3H3. The van der Waals surface area contributed by atoms with Crippen molar-refractivity contribution in [1.29, 1.82) is 0 Å². The summed E-state index contributed by atoms with van der Waals surface area (Å²) in [6.07, 6.45) is 5.90. The third kappa shape index (κ3) is 7.93. The predicted octanol–water partition coefficient (Wildman–Crippen LogP) is 4.14. The van der Waals surface area contributed by atoms with Gasteiger partial charge in [0.2, 0.25) is 0 Å². The van der Waals surface area contributed by atoms with E-state index in [9.17, 15) is 0 Å². The molecule has 0 amide bonds. The maximum Gasteiger partial charge on any atom is 0.0333 e. The van der Waals surface area contributed by atoms with Crippen LogP contribution in [-0.2, 0) is 0 Å². The van der Waals surface area contributed by atoms with Gasteiger partial charge in [-0.2, -0.15) is 0 Å². The quantitative estimate of drug-likeness (QED) is 0.323. The summed E-state index contributed by atoms with van der Waals surface area (Å²) >= 11 is 5.96. The highest BCUT2D eigenvalue weighted by Crippen LogP contribution is 2.13. The van der Waals surface area contributed by atoms with Gasteiger partial charge >= 0.3 is 0 Å². The molecule has 0 fully saturated rings. The third-order valence-electron chi connectivity index (χ3n) is 1.81. The average molecular weight is 175 g/mol. The Balaban J connectivity index is 3.08. The van der Waals surface area contributed by atoms with Crippen LogP contribution >= 0.6 is 11.6 Å². The molecule has 0 N–H and O–H groups in total. The van der Waals surface area contributed by atoms with Gasteiger partial charge in [-0.15, -0.1) is 18.2 Å². The first kappa shape index (κ1) is 11.0. The summed E-state index contributed by atoms with van der Waals surface area (Å²) in [6, 6.07) is 0. The largest absolute Gasteiger partial charge is 0.123 e. The second-order valence-corrected chi connectivity index (χ2v) is 3.83. The minimum atomic E-state index is 0.389. The van der Waals surface area contributed by atoms with E-state index >= 15 is 0 Å². The normalized spacial score (nSPS) is 13.0. The van der Waals surface area contributed by atoms with Crippen LogP contribution in [0.2, 0.25) is 0 Å².